The van der Waals surface area contributed by atoms with Gasteiger partial charge >= 0.3 is 0 Å². The van der Waals surface area contributed by atoms with Gasteiger partial charge in [0.05, 0.1) is 13.2 Å². The van der Waals surface area contributed by atoms with Crippen molar-refractivity contribution in [3.8, 4) is 0 Å². The Morgan fingerprint density at radius 2 is 1.66 bits per heavy atom. The van der Waals surface area contributed by atoms with E-state index in [1.165, 1.54) is 16.4 Å². The summed E-state index contributed by atoms with van der Waals surface area (Å²) in [6.07, 6.45) is 0. The van der Waals surface area contributed by atoms with Crippen LogP contribution in [-0.2, 0) is 21.3 Å². The number of aromatic nitrogens is 1. The number of halogens is 1. The van der Waals surface area contributed by atoms with Crippen LogP contribution in [0.4, 0.5) is 10.1 Å². The summed E-state index contributed by atoms with van der Waals surface area (Å²) >= 11 is 0. The molecule has 0 spiro atoms. The lowest BCUT2D eigenvalue weighted by molar-refractivity contribution is 0.0729. The third-order valence-electron chi connectivity index (χ3n) is 6.00. The number of sulfonamides is 1. The number of fused-ring (bicyclic) bond motifs is 1. The lowest BCUT2D eigenvalue weighted by Crippen LogP contribution is -2.40. The maximum atomic E-state index is 14.6. The second kappa shape index (κ2) is 9.61. The van der Waals surface area contributed by atoms with Crippen LogP contribution in [0.2, 0.25) is 0 Å². The quantitative estimate of drug-likeness (QED) is 0.439. The van der Waals surface area contributed by atoms with E-state index in [1.54, 1.807) is 6.07 Å². The number of benzene rings is 3. The minimum Gasteiger partial charge on any atom is -0.379 e. The summed E-state index contributed by atoms with van der Waals surface area (Å²) in [6, 6.07) is 22.8. The van der Waals surface area contributed by atoms with Gasteiger partial charge < -0.3 is 14.6 Å². The molecule has 9 heteroatoms. The number of hydrogen-bond donors (Lipinski definition) is 1. The molecule has 1 saturated heterocycles. The maximum Gasteiger partial charge on any atom is 0.272 e. The van der Waals surface area contributed by atoms with Crippen LogP contribution in [0.1, 0.15) is 16.1 Å². The average molecular weight is 494 g/mol. The van der Waals surface area contributed by atoms with Gasteiger partial charge in [-0.3, -0.25) is 4.79 Å². The van der Waals surface area contributed by atoms with Crippen LogP contribution in [0.25, 0.3) is 10.9 Å². The van der Waals surface area contributed by atoms with Gasteiger partial charge in [0, 0.05) is 36.2 Å². The van der Waals surface area contributed by atoms with E-state index in [0.717, 1.165) is 22.5 Å². The van der Waals surface area contributed by atoms with E-state index in [1.807, 2.05) is 59.2 Å². The third kappa shape index (κ3) is 4.70. The van der Waals surface area contributed by atoms with Crippen LogP contribution in [0, 0.1) is 5.82 Å². The van der Waals surface area contributed by atoms with Crippen LogP contribution < -0.4 is 5.32 Å². The molecule has 4 aromatic rings. The first-order valence-electron chi connectivity index (χ1n) is 11.2. The Bertz CT molecular complexity index is 1480. The summed E-state index contributed by atoms with van der Waals surface area (Å²) in [6.45, 7) is 1.29. The van der Waals surface area contributed by atoms with E-state index in [0.29, 0.717) is 12.2 Å². The summed E-state index contributed by atoms with van der Waals surface area (Å²) in [5.41, 5.74) is 2.54. The Labute approximate surface area is 202 Å². The number of carbonyl (C=O) groups is 1. The third-order valence-corrected chi connectivity index (χ3v) is 7.92. The predicted molar refractivity (Wildman–Crippen MR) is 131 cm³/mol. The van der Waals surface area contributed by atoms with Gasteiger partial charge in [0.25, 0.3) is 5.91 Å². The molecule has 0 saturated carbocycles. The number of carbonyl (C=O) groups excluding carboxylic acids is 1. The number of hydrogen-bond acceptors (Lipinski definition) is 4. The second-order valence-corrected chi connectivity index (χ2v) is 10.2. The summed E-state index contributed by atoms with van der Waals surface area (Å²) in [7, 11) is -4.06. The van der Waals surface area contributed by atoms with Gasteiger partial charge in [-0.05, 0) is 35.9 Å². The number of nitrogens with one attached hydrogen (secondary N) is 1. The zero-order chi connectivity index (χ0) is 24.4. The molecule has 1 fully saturated rings. The number of anilines is 1. The van der Waals surface area contributed by atoms with Crippen LogP contribution in [0.3, 0.4) is 0 Å². The standard InChI is InChI=1S/C26H24FN3O4S/c27-22-11-10-21(17-25(22)35(32,33)29-12-14-34-15-13-29)28-26(31)24-16-20-8-4-5-9-23(20)30(24)18-19-6-2-1-3-7-19/h1-11,16-17H,12-15,18H2,(H,28,31). The second-order valence-electron chi connectivity index (χ2n) is 8.28. The highest BCUT2D eigenvalue weighted by atomic mass is 32.2. The molecular formula is C26H24FN3O4S. The van der Waals surface area contributed by atoms with Gasteiger partial charge in [-0.15, -0.1) is 0 Å². The molecule has 1 aliphatic rings. The minimum absolute atomic E-state index is 0.151. The number of morpholine rings is 1. The topological polar surface area (TPSA) is 80.6 Å². The smallest absolute Gasteiger partial charge is 0.272 e. The van der Waals surface area contributed by atoms with Crippen molar-refractivity contribution in [2.24, 2.45) is 0 Å². The molecule has 1 N–H and O–H groups in total. The van der Waals surface area contributed by atoms with Crippen molar-refractivity contribution in [3.05, 3.63) is 95.9 Å². The van der Waals surface area contributed by atoms with Gasteiger partial charge in [-0.25, -0.2) is 12.8 Å². The maximum absolute atomic E-state index is 14.6. The minimum atomic E-state index is -4.06. The van der Waals surface area contributed by atoms with Crippen molar-refractivity contribution >= 4 is 32.5 Å². The SMILES string of the molecule is O=C(Nc1ccc(F)c(S(=O)(=O)N2CCOCC2)c1)c1cc2ccccc2n1Cc1ccccc1. The molecule has 0 unspecified atom stereocenters. The summed E-state index contributed by atoms with van der Waals surface area (Å²) in [4.78, 5) is 12.9. The molecule has 3 aromatic carbocycles. The fourth-order valence-corrected chi connectivity index (χ4v) is 5.73. The molecule has 7 nitrogen and oxygen atoms in total. The molecule has 0 bridgehead atoms. The summed E-state index contributed by atoms with van der Waals surface area (Å²) < 4.78 is 48.9. The molecule has 1 aromatic heterocycles. The number of para-hydroxylation sites is 1. The Morgan fingerprint density at radius 3 is 2.43 bits per heavy atom. The number of rotatable bonds is 6. The van der Waals surface area contributed by atoms with Crippen molar-refractivity contribution in [3.63, 3.8) is 0 Å². The monoisotopic (exact) mass is 493 g/mol. The van der Waals surface area contributed by atoms with Crippen LogP contribution in [0.15, 0.2) is 83.8 Å². The molecule has 1 amide bonds. The van der Waals surface area contributed by atoms with Gasteiger partial charge in [-0.1, -0.05) is 48.5 Å². The number of ether oxygens (including phenoxy) is 1. The van der Waals surface area contributed by atoms with E-state index in [9.17, 15) is 17.6 Å². The highest BCUT2D eigenvalue weighted by Crippen LogP contribution is 2.26. The molecular weight excluding hydrogens is 469 g/mol. The number of amides is 1. The highest BCUT2D eigenvalue weighted by molar-refractivity contribution is 7.89. The predicted octanol–water partition coefficient (Wildman–Crippen LogP) is 4.10. The van der Waals surface area contributed by atoms with Crippen LogP contribution in [-0.4, -0.2) is 49.5 Å². The number of nitrogens with zero attached hydrogens (tertiary/aromatic N) is 2. The molecule has 5 rings (SSSR count). The van der Waals surface area contributed by atoms with Crippen molar-refractivity contribution in [1.29, 1.82) is 0 Å². The molecule has 2 heterocycles. The van der Waals surface area contributed by atoms with E-state index in [2.05, 4.69) is 5.32 Å². The Hall–Kier alpha value is -3.53. The zero-order valence-electron chi connectivity index (χ0n) is 18.9. The van der Waals surface area contributed by atoms with E-state index in [4.69, 9.17) is 4.74 Å². The van der Waals surface area contributed by atoms with Crippen molar-refractivity contribution in [2.45, 2.75) is 11.4 Å². The van der Waals surface area contributed by atoms with Crippen molar-refractivity contribution in [1.82, 2.24) is 8.87 Å². The molecule has 0 atom stereocenters. The lowest BCUT2D eigenvalue weighted by atomic mass is 10.2. The Kier molecular flexibility index (Phi) is 6.38. The first-order valence-corrected chi connectivity index (χ1v) is 12.7. The Balaban J connectivity index is 1.47. The van der Waals surface area contributed by atoms with E-state index >= 15 is 0 Å². The molecule has 0 aliphatic carbocycles. The van der Waals surface area contributed by atoms with Gasteiger partial charge in [0.2, 0.25) is 10.0 Å². The molecule has 1 aliphatic heterocycles. The van der Waals surface area contributed by atoms with Gasteiger partial charge in [-0.2, -0.15) is 4.31 Å². The fourth-order valence-electron chi connectivity index (χ4n) is 4.23. The molecule has 0 radical (unpaired) electrons. The normalized spacial score (nSPS) is 14.8. The van der Waals surface area contributed by atoms with Crippen LogP contribution in [0.5, 0.6) is 0 Å². The summed E-state index contributed by atoms with van der Waals surface area (Å²) in [5, 5.41) is 3.66. The van der Waals surface area contributed by atoms with E-state index < -0.39 is 26.6 Å². The average Bonchev–Trinajstić information content (AvgIpc) is 3.25. The van der Waals surface area contributed by atoms with Crippen LogP contribution >= 0.6 is 0 Å². The zero-order valence-corrected chi connectivity index (χ0v) is 19.7. The van der Waals surface area contributed by atoms with E-state index in [-0.39, 0.29) is 32.0 Å². The largest absolute Gasteiger partial charge is 0.379 e. The lowest BCUT2D eigenvalue weighted by Gasteiger charge is -2.26. The van der Waals surface area contributed by atoms with Crippen molar-refractivity contribution < 1.29 is 22.3 Å². The first-order chi connectivity index (χ1) is 16.9. The summed E-state index contributed by atoms with van der Waals surface area (Å²) in [5.74, 6) is -1.29. The van der Waals surface area contributed by atoms with Crippen molar-refractivity contribution in [2.75, 3.05) is 31.6 Å². The molecule has 180 valence electrons. The highest BCUT2D eigenvalue weighted by Gasteiger charge is 2.29. The molecule has 35 heavy (non-hydrogen) atoms. The fraction of sp³-hybridized carbons (Fsp3) is 0.192. The Morgan fingerprint density at radius 1 is 0.943 bits per heavy atom. The first kappa shape index (κ1) is 23.2. The van der Waals surface area contributed by atoms with Gasteiger partial charge in [0.15, 0.2) is 0 Å². The van der Waals surface area contributed by atoms with Gasteiger partial charge in [0.1, 0.15) is 16.4 Å².